The highest BCUT2D eigenvalue weighted by Gasteiger charge is 2.35. The number of nitrogens with zero attached hydrogens (tertiary/aromatic N) is 2. The van der Waals surface area contributed by atoms with Gasteiger partial charge < -0.3 is 15.1 Å². The minimum absolute atomic E-state index is 0.0621. The molecule has 0 aromatic heterocycles. The van der Waals surface area contributed by atoms with E-state index in [1.807, 2.05) is 31.2 Å². The molecule has 0 aliphatic carbocycles. The molecular weight excluding hydrogens is 545 g/mol. The van der Waals surface area contributed by atoms with Crippen molar-refractivity contribution in [2.24, 2.45) is 0 Å². The average molecular weight is 588 g/mol. The van der Waals surface area contributed by atoms with Crippen LogP contribution in [0.2, 0.25) is 0 Å². The van der Waals surface area contributed by atoms with Gasteiger partial charge in [-0.1, -0.05) is 48.4 Å². The van der Waals surface area contributed by atoms with Crippen LogP contribution in [0.4, 0.5) is 10.1 Å². The second-order valence-corrected chi connectivity index (χ2v) is 12.6. The topological polar surface area (TPSA) is 35.6 Å². The van der Waals surface area contributed by atoms with Gasteiger partial charge in [0.25, 0.3) is 5.91 Å². The Labute approximate surface area is 261 Å². The number of benzene rings is 3. The van der Waals surface area contributed by atoms with Gasteiger partial charge in [0.15, 0.2) is 0 Å². The third-order valence-electron chi connectivity index (χ3n) is 9.23. The third kappa shape index (κ3) is 6.66. The molecule has 0 radical (unpaired) electrons. The molecule has 3 aliphatic rings. The summed E-state index contributed by atoms with van der Waals surface area (Å²) in [6.07, 6.45) is 8.10. The third-order valence-corrected chi connectivity index (χ3v) is 9.23. The van der Waals surface area contributed by atoms with Crippen LogP contribution < -0.4 is 5.32 Å². The van der Waals surface area contributed by atoms with Gasteiger partial charge in [0.05, 0.1) is 0 Å². The fourth-order valence-electron chi connectivity index (χ4n) is 6.99. The minimum atomic E-state index is -0.189. The quantitative estimate of drug-likeness (QED) is 0.218. The van der Waals surface area contributed by atoms with Crippen LogP contribution in [0.5, 0.6) is 0 Å². The molecule has 5 heteroatoms. The lowest BCUT2D eigenvalue weighted by molar-refractivity contribution is -0.126. The highest BCUT2D eigenvalue weighted by atomic mass is 19.1. The van der Waals surface area contributed by atoms with Crippen LogP contribution in [-0.2, 0) is 11.2 Å². The van der Waals surface area contributed by atoms with E-state index < -0.39 is 0 Å². The molecule has 1 amide bonds. The number of carbonyl (C=O) groups excluding carboxylic acids is 1. The Bertz CT molecular complexity index is 1640. The molecule has 3 aromatic rings. The van der Waals surface area contributed by atoms with Gasteiger partial charge in [-0.3, -0.25) is 4.79 Å². The maximum absolute atomic E-state index is 14.4. The smallest absolute Gasteiger partial charge is 0.254 e. The molecule has 4 nitrogen and oxygen atoms in total. The van der Waals surface area contributed by atoms with Crippen LogP contribution in [-0.4, -0.2) is 54.0 Å². The van der Waals surface area contributed by atoms with Gasteiger partial charge in [-0.05, 0) is 124 Å². The Balaban J connectivity index is 1.29. The Hall–Kier alpha value is -4.14. The Morgan fingerprint density at radius 2 is 1.77 bits per heavy atom. The van der Waals surface area contributed by atoms with E-state index in [1.54, 1.807) is 6.92 Å². The van der Waals surface area contributed by atoms with E-state index in [1.165, 1.54) is 18.9 Å². The number of amides is 1. The molecule has 226 valence electrons. The summed E-state index contributed by atoms with van der Waals surface area (Å²) in [7, 11) is 0. The van der Waals surface area contributed by atoms with Crippen molar-refractivity contribution < 1.29 is 9.18 Å². The molecule has 44 heavy (non-hydrogen) atoms. The number of hydrogen-bond donors (Lipinski definition) is 1. The molecule has 1 N–H and O–H groups in total. The zero-order valence-electron chi connectivity index (χ0n) is 26.0. The largest absolute Gasteiger partial charge is 0.378 e. The first-order valence-electron chi connectivity index (χ1n) is 16.0. The molecule has 3 aliphatic heterocycles. The highest BCUT2D eigenvalue weighted by molar-refractivity contribution is 6.22. The summed E-state index contributed by atoms with van der Waals surface area (Å²) in [4.78, 5) is 19.1. The molecule has 0 spiro atoms. The van der Waals surface area contributed by atoms with Crippen molar-refractivity contribution in [2.75, 3.05) is 31.5 Å². The van der Waals surface area contributed by atoms with E-state index in [2.05, 4.69) is 69.9 Å². The van der Waals surface area contributed by atoms with Gasteiger partial charge in [0.2, 0.25) is 0 Å². The predicted octanol–water partition coefficient (Wildman–Crippen LogP) is 7.63. The lowest BCUT2D eigenvalue weighted by Gasteiger charge is -2.32. The summed E-state index contributed by atoms with van der Waals surface area (Å²) in [6, 6.07) is 20.1. The number of hydrogen-bond acceptors (Lipinski definition) is 3. The molecule has 3 heterocycles. The number of likely N-dealkylation sites (tertiary alicyclic amines) is 2. The summed E-state index contributed by atoms with van der Waals surface area (Å²) in [5.74, 6) is 6.01. The fraction of sp³-hybridized carbons (Fsp3) is 0.359. The molecular formula is C39H42FN3O. The zero-order valence-corrected chi connectivity index (χ0v) is 26.0. The monoisotopic (exact) mass is 587 g/mol. The number of carbonyl (C=O) groups is 1. The van der Waals surface area contributed by atoms with Crippen molar-refractivity contribution in [3.63, 3.8) is 0 Å². The molecule has 0 saturated carbocycles. The number of nitrogens with one attached hydrogen (secondary N) is 1. The van der Waals surface area contributed by atoms with Crippen LogP contribution in [0.25, 0.3) is 16.7 Å². The molecule has 2 atom stereocenters. The summed E-state index contributed by atoms with van der Waals surface area (Å²) in [6.45, 7) is 12.0. The van der Waals surface area contributed by atoms with Crippen LogP contribution in [0.3, 0.4) is 0 Å². The Kier molecular flexibility index (Phi) is 9.00. The van der Waals surface area contributed by atoms with E-state index in [0.717, 1.165) is 83.7 Å². The van der Waals surface area contributed by atoms with Crippen molar-refractivity contribution >= 4 is 17.2 Å². The number of aryl methyl sites for hydroxylation is 1. The lowest BCUT2D eigenvalue weighted by Crippen LogP contribution is -2.43. The Morgan fingerprint density at radius 3 is 2.52 bits per heavy atom. The van der Waals surface area contributed by atoms with E-state index in [0.29, 0.717) is 18.4 Å². The van der Waals surface area contributed by atoms with Crippen LogP contribution in [0.1, 0.15) is 61.3 Å². The summed E-state index contributed by atoms with van der Waals surface area (Å²) >= 11 is 0. The maximum atomic E-state index is 14.4. The summed E-state index contributed by atoms with van der Waals surface area (Å²) in [5.41, 5.74) is 8.59. The summed E-state index contributed by atoms with van der Waals surface area (Å²) in [5, 5.41) is 3.69. The van der Waals surface area contributed by atoms with Crippen LogP contribution >= 0.6 is 0 Å². The second-order valence-electron chi connectivity index (χ2n) is 12.6. The van der Waals surface area contributed by atoms with E-state index in [4.69, 9.17) is 0 Å². The Morgan fingerprint density at radius 1 is 1.00 bits per heavy atom. The zero-order chi connectivity index (χ0) is 30.6. The van der Waals surface area contributed by atoms with Gasteiger partial charge in [0, 0.05) is 47.6 Å². The number of fused-ring (bicyclic) bond motifs is 1. The fourth-order valence-corrected chi connectivity index (χ4v) is 6.99. The van der Waals surface area contributed by atoms with E-state index in [-0.39, 0.29) is 23.8 Å². The highest BCUT2D eigenvalue weighted by Crippen LogP contribution is 2.37. The SMILES string of the molecule is C=C(Cc1ccc(F)c(C)c1)CC1C=C(C(=O)N2CCC[C@H]2CN2CCCC2)c2cc(-c3ccc(C#CC)cc3)ccc2N1. The van der Waals surface area contributed by atoms with Crippen molar-refractivity contribution in [1.82, 2.24) is 9.80 Å². The first-order chi connectivity index (χ1) is 21.4. The molecule has 3 aromatic carbocycles. The molecule has 6 rings (SSSR count). The van der Waals surface area contributed by atoms with Gasteiger partial charge in [-0.15, -0.1) is 5.92 Å². The minimum Gasteiger partial charge on any atom is -0.378 e. The maximum Gasteiger partial charge on any atom is 0.254 e. The molecule has 2 saturated heterocycles. The molecule has 0 bridgehead atoms. The van der Waals surface area contributed by atoms with E-state index >= 15 is 0 Å². The predicted molar refractivity (Wildman–Crippen MR) is 179 cm³/mol. The van der Waals surface area contributed by atoms with E-state index in [9.17, 15) is 9.18 Å². The van der Waals surface area contributed by atoms with Crippen molar-refractivity contribution in [1.29, 1.82) is 0 Å². The first-order valence-corrected chi connectivity index (χ1v) is 16.0. The van der Waals surface area contributed by atoms with Crippen molar-refractivity contribution in [3.8, 4) is 23.0 Å². The van der Waals surface area contributed by atoms with Crippen molar-refractivity contribution in [3.05, 3.63) is 107 Å². The van der Waals surface area contributed by atoms with Gasteiger partial charge in [0.1, 0.15) is 5.82 Å². The summed E-state index contributed by atoms with van der Waals surface area (Å²) < 4.78 is 13.8. The number of rotatable bonds is 8. The lowest BCUT2D eigenvalue weighted by atomic mass is 9.89. The molecule has 2 fully saturated rings. The van der Waals surface area contributed by atoms with Crippen molar-refractivity contribution in [2.45, 2.75) is 64.5 Å². The van der Waals surface area contributed by atoms with Crippen LogP contribution in [0, 0.1) is 24.6 Å². The average Bonchev–Trinajstić information content (AvgIpc) is 3.71. The first kappa shape index (κ1) is 29.9. The van der Waals surface area contributed by atoms with Gasteiger partial charge in [-0.25, -0.2) is 4.39 Å². The number of halogens is 1. The van der Waals surface area contributed by atoms with Gasteiger partial charge in [-0.2, -0.15) is 0 Å². The normalized spacial score (nSPS) is 19.5. The van der Waals surface area contributed by atoms with Crippen LogP contribution in [0.15, 0.2) is 78.9 Å². The second kappa shape index (κ2) is 13.2. The molecule has 1 unspecified atom stereocenters. The number of anilines is 1. The standard InChI is InChI=1S/C39H42FN3O/c1-4-8-29-10-13-31(14-11-29)32-15-17-38-35(24-32)36(39(44)43-20-7-9-34(43)26-42-18-5-6-19-42)25-33(41-38)22-27(2)21-30-12-16-37(40)28(3)23-30/h10-17,23-25,33-34,41H,2,5-7,9,18-22,26H2,1,3H3/t33?,34-/m0/s1. The van der Waals surface area contributed by atoms with Gasteiger partial charge >= 0.3 is 0 Å².